The van der Waals surface area contributed by atoms with E-state index in [1.165, 1.54) is 7.11 Å². The highest BCUT2D eigenvalue weighted by molar-refractivity contribution is 5.91. The smallest absolute Gasteiger partial charge is 0.320 e. The van der Waals surface area contributed by atoms with Crippen LogP contribution >= 0.6 is 0 Å². The fourth-order valence-electron chi connectivity index (χ4n) is 1.19. The van der Waals surface area contributed by atoms with Gasteiger partial charge in [0.2, 0.25) is 0 Å². The van der Waals surface area contributed by atoms with Crippen LogP contribution < -0.4 is 20.1 Å². The van der Waals surface area contributed by atoms with Gasteiger partial charge in [-0.3, -0.25) is 0 Å². The molecule has 17 heavy (non-hydrogen) atoms. The van der Waals surface area contributed by atoms with E-state index in [1.807, 2.05) is 6.07 Å². The summed E-state index contributed by atoms with van der Waals surface area (Å²) in [6.07, 6.45) is 0. The molecule has 0 aliphatic heterocycles. The molecule has 0 aromatic heterocycles. The number of rotatable bonds is 4. The van der Waals surface area contributed by atoms with Crippen LogP contribution in [0.1, 0.15) is 0 Å². The first kappa shape index (κ1) is 12.6. The Hall–Kier alpha value is -2.42. The molecule has 0 aliphatic rings. The molecule has 2 amide bonds. The topological polar surface area (TPSA) is 83.4 Å². The van der Waals surface area contributed by atoms with Crippen molar-refractivity contribution in [2.45, 2.75) is 0 Å². The fourth-order valence-corrected chi connectivity index (χ4v) is 1.19. The zero-order chi connectivity index (χ0) is 12.7. The van der Waals surface area contributed by atoms with Crippen molar-refractivity contribution in [2.75, 3.05) is 26.1 Å². The second-order valence-corrected chi connectivity index (χ2v) is 3.03. The Bertz CT molecular complexity index is 440. The van der Waals surface area contributed by atoms with E-state index in [1.54, 1.807) is 25.3 Å². The third kappa shape index (κ3) is 3.57. The maximum absolute atomic E-state index is 11.3. The first-order chi connectivity index (χ1) is 8.21. The highest BCUT2D eigenvalue weighted by Gasteiger charge is 2.07. The number of amides is 2. The van der Waals surface area contributed by atoms with Gasteiger partial charge in [-0.15, -0.1) is 0 Å². The van der Waals surface area contributed by atoms with Crippen molar-refractivity contribution in [1.29, 1.82) is 5.26 Å². The van der Waals surface area contributed by atoms with Gasteiger partial charge in [0.1, 0.15) is 18.0 Å². The average molecular weight is 235 g/mol. The number of nitriles is 1. The maximum atomic E-state index is 11.3. The Morgan fingerprint density at radius 3 is 2.76 bits per heavy atom. The van der Waals surface area contributed by atoms with Crippen LogP contribution in [0.5, 0.6) is 11.5 Å². The molecule has 0 fully saturated rings. The van der Waals surface area contributed by atoms with Gasteiger partial charge in [-0.1, -0.05) is 0 Å². The summed E-state index contributed by atoms with van der Waals surface area (Å²) in [5, 5.41) is 13.2. The first-order valence-electron chi connectivity index (χ1n) is 4.85. The number of nitrogens with one attached hydrogen (secondary N) is 2. The molecule has 0 aliphatic carbocycles. The Balaban J connectivity index is 2.77. The van der Waals surface area contributed by atoms with Crippen molar-refractivity contribution in [1.82, 2.24) is 5.32 Å². The average Bonchev–Trinajstić information content (AvgIpc) is 2.36. The number of carbonyl (C=O) groups is 1. The zero-order valence-electron chi connectivity index (χ0n) is 9.61. The molecule has 6 nitrogen and oxygen atoms in total. The number of ether oxygens (including phenoxy) is 2. The van der Waals surface area contributed by atoms with Gasteiger partial charge in [-0.05, 0) is 12.1 Å². The van der Waals surface area contributed by atoms with Gasteiger partial charge in [0.05, 0.1) is 26.0 Å². The molecule has 1 aromatic rings. The monoisotopic (exact) mass is 235 g/mol. The number of hydrogen-bond acceptors (Lipinski definition) is 4. The zero-order valence-corrected chi connectivity index (χ0v) is 9.61. The van der Waals surface area contributed by atoms with Crippen LogP contribution in [-0.2, 0) is 0 Å². The largest absolute Gasteiger partial charge is 0.497 e. The molecule has 2 N–H and O–H groups in total. The van der Waals surface area contributed by atoms with E-state index >= 15 is 0 Å². The SMILES string of the molecule is COc1ccc(NC(=O)NCC#N)c(OC)c1. The molecule has 0 bridgehead atoms. The van der Waals surface area contributed by atoms with E-state index in [-0.39, 0.29) is 6.54 Å². The number of urea groups is 1. The van der Waals surface area contributed by atoms with Crippen molar-refractivity contribution in [3.8, 4) is 17.6 Å². The second kappa shape index (κ2) is 6.23. The third-order valence-corrected chi connectivity index (χ3v) is 1.98. The maximum Gasteiger partial charge on any atom is 0.320 e. The Morgan fingerprint density at radius 2 is 2.18 bits per heavy atom. The summed E-state index contributed by atoms with van der Waals surface area (Å²) in [5.74, 6) is 1.11. The molecule has 0 spiro atoms. The molecule has 0 heterocycles. The highest BCUT2D eigenvalue weighted by Crippen LogP contribution is 2.28. The Labute approximate surface area is 99.1 Å². The van der Waals surface area contributed by atoms with E-state index in [0.29, 0.717) is 17.2 Å². The summed E-state index contributed by atoms with van der Waals surface area (Å²) < 4.78 is 10.1. The lowest BCUT2D eigenvalue weighted by Crippen LogP contribution is -2.28. The van der Waals surface area contributed by atoms with E-state index in [9.17, 15) is 4.79 Å². The number of anilines is 1. The predicted molar refractivity (Wildman–Crippen MR) is 62.2 cm³/mol. The molecular formula is C11H13N3O3. The molecule has 0 saturated heterocycles. The minimum Gasteiger partial charge on any atom is -0.497 e. The van der Waals surface area contributed by atoms with E-state index < -0.39 is 6.03 Å². The fraction of sp³-hybridized carbons (Fsp3) is 0.273. The van der Waals surface area contributed by atoms with Crippen molar-refractivity contribution < 1.29 is 14.3 Å². The molecular weight excluding hydrogens is 222 g/mol. The quantitative estimate of drug-likeness (QED) is 0.771. The second-order valence-electron chi connectivity index (χ2n) is 3.03. The molecule has 1 rings (SSSR count). The van der Waals surface area contributed by atoms with E-state index in [4.69, 9.17) is 14.7 Å². The molecule has 0 atom stereocenters. The predicted octanol–water partition coefficient (Wildman–Crippen LogP) is 1.35. The van der Waals surface area contributed by atoms with E-state index in [0.717, 1.165) is 0 Å². The lowest BCUT2D eigenvalue weighted by Gasteiger charge is -2.11. The first-order valence-corrected chi connectivity index (χ1v) is 4.85. The molecule has 90 valence electrons. The number of benzene rings is 1. The van der Waals surface area contributed by atoms with Gasteiger partial charge in [0.25, 0.3) is 0 Å². The van der Waals surface area contributed by atoms with Crippen LogP contribution in [0.25, 0.3) is 0 Å². The number of hydrogen-bond donors (Lipinski definition) is 2. The van der Waals surface area contributed by atoms with Gasteiger partial charge < -0.3 is 20.1 Å². The van der Waals surface area contributed by atoms with E-state index in [2.05, 4.69) is 10.6 Å². The molecule has 0 radical (unpaired) electrons. The number of carbonyl (C=O) groups excluding carboxylic acids is 1. The van der Waals surface area contributed by atoms with Gasteiger partial charge in [0.15, 0.2) is 0 Å². The molecule has 0 saturated carbocycles. The van der Waals surface area contributed by atoms with Crippen LogP contribution in [0.2, 0.25) is 0 Å². The highest BCUT2D eigenvalue weighted by atomic mass is 16.5. The molecule has 6 heteroatoms. The van der Waals surface area contributed by atoms with Gasteiger partial charge in [-0.2, -0.15) is 5.26 Å². The minimum atomic E-state index is -0.463. The summed E-state index contributed by atoms with van der Waals surface area (Å²) in [4.78, 5) is 11.3. The normalized spacial score (nSPS) is 9.00. The molecule has 0 unspecified atom stereocenters. The van der Waals surface area contributed by atoms with Crippen LogP contribution in [-0.4, -0.2) is 26.8 Å². The van der Waals surface area contributed by atoms with Crippen LogP contribution in [0.15, 0.2) is 18.2 Å². The van der Waals surface area contributed by atoms with Gasteiger partial charge in [-0.25, -0.2) is 4.79 Å². The van der Waals surface area contributed by atoms with Crippen LogP contribution in [0.3, 0.4) is 0 Å². The van der Waals surface area contributed by atoms with Crippen LogP contribution in [0.4, 0.5) is 10.5 Å². The standard InChI is InChI=1S/C11H13N3O3/c1-16-8-3-4-9(10(7-8)17-2)14-11(15)13-6-5-12/h3-4,7H,6H2,1-2H3,(H2,13,14,15). The summed E-state index contributed by atoms with van der Waals surface area (Å²) >= 11 is 0. The third-order valence-electron chi connectivity index (χ3n) is 1.98. The minimum absolute atomic E-state index is 0.0513. The summed E-state index contributed by atoms with van der Waals surface area (Å²) in [5.41, 5.74) is 0.503. The number of methoxy groups -OCH3 is 2. The Kier molecular flexibility index (Phi) is 4.63. The lowest BCUT2D eigenvalue weighted by molar-refractivity contribution is 0.253. The van der Waals surface area contributed by atoms with Crippen LogP contribution in [0, 0.1) is 11.3 Å². The molecule has 1 aromatic carbocycles. The lowest BCUT2D eigenvalue weighted by atomic mass is 10.2. The van der Waals surface area contributed by atoms with Gasteiger partial charge >= 0.3 is 6.03 Å². The van der Waals surface area contributed by atoms with Gasteiger partial charge in [0, 0.05) is 6.07 Å². The van der Waals surface area contributed by atoms with Crippen molar-refractivity contribution >= 4 is 11.7 Å². The Morgan fingerprint density at radius 1 is 1.41 bits per heavy atom. The van der Waals surface area contributed by atoms with Crippen molar-refractivity contribution in [3.63, 3.8) is 0 Å². The number of nitrogens with zero attached hydrogens (tertiary/aromatic N) is 1. The van der Waals surface area contributed by atoms with Crippen molar-refractivity contribution in [2.24, 2.45) is 0 Å². The van der Waals surface area contributed by atoms with Crippen molar-refractivity contribution in [3.05, 3.63) is 18.2 Å². The summed E-state index contributed by atoms with van der Waals surface area (Å²) in [6.45, 7) is -0.0513. The summed E-state index contributed by atoms with van der Waals surface area (Å²) in [7, 11) is 3.04. The summed E-state index contributed by atoms with van der Waals surface area (Å²) in [6, 6.07) is 6.35.